The normalized spacial score (nSPS) is 6.83. The molecule has 0 saturated carbocycles. The van der Waals surface area contributed by atoms with Gasteiger partial charge in [-0.3, -0.25) is 18.7 Å². The van der Waals surface area contributed by atoms with Gasteiger partial charge in [0.2, 0.25) is 0 Å². The molecule has 0 aromatic heterocycles. The Morgan fingerprint density at radius 3 is 1.58 bits per heavy atom. The Balaban J connectivity index is -0.0000000120. The minimum absolute atomic E-state index is 0. The molecule has 4 nitrogen and oxygen atoms in total. The average Bonchev–Trinajstić information content (AvgIpc) is 1.30. The van der Waals surface area contributed by atoms with Crippen molar-refractivity contribution >= 4 is 18.8 Å². The van der Waals surface area contributed by atoms with Gasteiger partial charge in [0.1, 0.15) is 0 Å². The molecule has 0 rings (SSSR count). The Morgan fingerprint density at radius 1 is 1.33 bits per heavy atom. The third-order valence-corrected chi connectivity index (χ3v) is 0.800. The van der Waals surface area contributed by atoms with Crippen LogP contribution < -0.4 is 18.9 Å². The second-order valence-corrected chi connectivity index (χ2v) is 1.93. The summed E-state index contributed by atoms with van der Waals surface area (Å²) in [6, 6.07) is 0. The topological polar surface area (TPSA) is 63.6 Å². The molecule has 1 N–H and O–H groups in total. The van der Waals surface area contributed by atoms with Crippen molar-refractivity contribution in [2.24, 2.45) is 0 Å². The fraction of sp³-hybridized carbons (Fsp3) is 1.00. The molecule has 3 radical (unpaired) electrons. The summed E-state index contributed by atoms with van der Waals surface area (Å²) in [6.07, 6.45) is 0. The van der Waals surface area contributed by atoms with Crippen LogP contribution in [-0.4, -0.2) is 28.0 Å². The van der Waals surface area contributed by atoms with Crippen LogP contribution in [0.4, 0.5) is 14.1 Å². The molecular formula is C2H10BF3LiO4S. The standard InChI is InChI=1S/C2H6O4S.B.3FH.Li.H/c1-2-6-7(3,4)5;;;;;;/h2H2,1H3,(H,3,4,5);;3*1H;;/q;;;;;+1;-1. The molecule has 0 aliphatic carbocycles. The van der Waals surface area contributed by atoms with E-state index in [9.17, 15) is 8.42 Å². The number of halogens is 3. The fourth-order valence-corrected chi connectivity index (χ4v) is 0.447. The van der Waals surface area contributed by atoms with Gasteiger partial charge in [0.15, 0.2) is 0 Å². The first kappa shape index (κ1) is 39.5. The van der Waals surface area contributed by atoms with E-state index < -0.39 is 10.4 Å². The van der Waals surface area contributed by atoms with Crippen LogP contribution in [0.3, 0.4) is 0 Å². The summed E-state index contributed by atoms with van der Waals surface area (Å²) in [6.45, 7) is 1.44. The van der Waals surface area contributed by atoms with Crippen molar-refractivity contribution in [1.29, 1.82) is 0 Å². The van der Waals surface area contributed by atoms with Crippen LogP contribution >= 0.6 is 0 Å². The van der Waals surface area contributed by atoms with Gasteiger partial charge in [0.25, 0.3) is 0 Å². The molecule has 0 amide bonds. The first-order chi connectivity index (χ1) is 3.06. The minimum atomic E-state index is -4.17. The van der Waals surface area contributed by atoms with Crippen molar-refractivity contribution in [1.82, 2.24) is 0 Å². The predicted octanol–water partition coefficient (Wildman–Crippen LogP) is -2.98. The van der Waals surface area contributed by atoms with E-state index in [1.54, 1.807) is 0 Å². The largest absolute Gasteiger partial charge is 1.00 e. The Hall–Kier alpha value is 0.322. The first-order valence-corrected chi connectivity index (χ1v) is 3.04. The second kappa shape index (κ2) is 17.4. The molecule has 12 heavy (non-hydrogen) atoms. The van der Waals surface area contributed by atoms with E-state index in [1.165, 1.54) is 6.92 Å². The molecule has 73 valence electrons. The summed E-state index contributed by atoms with van der Waals surface area (Å²) >= 11 is 0. The summed E-state index contributed by atoms with van der Waals surface area (Å²) in [5.74, 6) is 0. The molecule has 0 heterocycles. The van der Waals surface area contributed by atoms with Gasteiger partial charge < -0.3 is 1.43 Å². The number of hydrogen-bond donors (Lipinski definition) is 1. The van der Waals surface area contributed by atoms with Gasteiger partial charge in [0.05, 0.1) is 6.61 Å². The van der Waals surface area contributed by atoms with Gasteiger partial charge in [-0.2, -0.15) is 8.42 Å². The molecule has 0 aliphatic rings. The molecule has 0 aliphatic heterocycles. The molecule has 0 spiro atoms. The van der Waals surface area contributed by atoms with Crippen molar-refractivity contribution in [3.05, 3.63) is 0 Å². The maximum absolute atomic E-state index is 9.56. The van der Waals surface area contributed by atoms with Crippen molar-refractivity contribution in [3.63, 3.8) is 0 Å². The quantitative estimate of drug-likeness (QED) is 0.386. The third-order valence-electron chi connectivity index (χ3n) is 0.267. The van der Waals surface area contributed by atoms with E-state index in [0.29, 0.717) is 0 Å². The molecule has 0 aromatic carbocycles. The summed E-state index contributed by atoms with van der Waals surface area (Å²) in [5.41, 5.74) is 0. The van der Waals surface area contributed by atoms with Crippen LogP contribution in [0.5, 0.6) is 0 Å². The van der Waals surface area contributed by atoms with E-state index in [4.69, 9.17) is 4.55 Å². The third kappa shape index (κ3) is 48.0. The van der Waals surface area contributed by atoms with E-state index in [0.717, 1.165) is 0 Å². The van der Waals surface area contributed by atoms with Crippen LogP contribution in [0.15, 0.2) is 0 Å². The zero-order chi connectivity index (χ0) is 5.91. The predicted molar refractivity (Wildman–Crippen MR) is 37.5 cm³/mol. The van der Waals surface area contributed by atoms with Crippen LogP contribution in [0.2, 0.25) is 0 Å². The monoisotopic (exact) mass is 205 g/mol. The van der Waals surface area contributed by atoms with Crippen molar-refractivity contribution < 1.29 is 51.6 Å². The minimum Gasteiger partial charge on any atom is -1.00 e. The molecule has 0 bridgehead atoms. The first-order valence-electron chi connectivity index (χ1n) is 1.68. The Morgan fingerprint density at radius 2 is 1.58 bits per heavy atom. The summed E-state index contributed by atoms with van der Waals surface area (Å²) in [5, 5.41) is 0. The van der Waals surface area contributed by atoms with Crippen molar-refractivity contribution in [2.75, 3.05) is 6.61 Å². The van der Waals surface area contributed by atoms with Gasteiger partial charge in [-0.05, 0) is 6.92 Å². The zero-order valence-electron chi connectivity index (χ0n) is 7.59. The SMILES string of the molecule is CCOS(=O)(=O)O.F.F.F.[B].[H-].[Li+]. The zero-order valence-corrected chi connectivity index (χ0v) is 7.41. The molecule has 0 aromatic rings. The number of hydrogen-bond acceptors (Lipinski definition) is 3. The van der Waals surface area contributed by atoms with Crippen LogP contribution in [-0.2, 0) is 14.6 Å². The molecule has 0 unspecified atom stereocenters. The second-order valence-electron chi connectivity index (χ2n) is 0.834. The van der Waals surface area contributed by atoms with Crippen LogP contribution in [0.25, 0.3) is 0 Å². The Bertz CT molecular complexity index is 146. The van der Waals surface area contributed by atoms with Gasteiger partial charge in [0, 0.05) is 8.41 Å². The van der Waals surface area contributed by atoms with Gasteiger partial charge >= 0.3 is 29.3 Å². The summed E-state index contributed by atoms with van der Waals surface area (Å²) in [4.78, 5) is 0. The Labute approximate surface area is 84.3 Å². The van der Waals surface area contributed by atoms with Gasteiger partial charge in [-0.1, -0.05) is 0 Å². The maximum Gasteiger partial charge on any atom is 1.00 e. The van der Waals surface area contributed by atoms with Crippen molar-refractivity contribution in [2.45, 2.75) is 6.92 Å². The van der Waals surface area contributed by atoms with E-state index in [2.05, 4.69) is 4.18 Å². The summed E-state index contributed by atoms with van der Waals surface area (Å²) in [7, 11) is -4.17. The van der Waals surface area contributed by atoms with Crippen LogP contribution in [0, 0.1) is 0 Å². The molecular weight excluding hydrogens is 195 g/mol. The van der Waals surface area contributed by atoms with E-state index >= 15 is 0 Å². The smallest absolute Gasteiger partial charge is 1.00 e. The van der Waals surface area contributed by atoms with Gasteiger partial charge in [-0.25, -0.2) is 4.18 Å². The van der Waals surface area contributed by atoms with E-state index in [1.807, 2.05) is 0 Å². The fourth-order valence-electron chi connectivity index (χ4n) is 0.149. The Kier molecular flexibility index (Phi) is 57.4. The maximum atomic E-state index is 9.56. The summed E-state index contributed by atoms with van der Waals surface area (Å²) < 4.78 is 30.7. The number of rotatable bonds is 2. The molecule has 10 heteroatoms. The van der Waals surface area contributed by atoms with Gasteiger partial charge in [-0.15, -0.1) is 0 Å². The van der Waals surface area contributed by atoms with Crippen molar-refractivity contribution in [3.8, 4) is 0 Å². The average molecular weight is 205 g/mol. The molecule has 0 atom stereocenters. The van der Waals surface area contributed by atoms with E-state index in [-0.39, 0.29) is 49.4 Å². The molecule has 0 fully saturated rings. The molecule has 0 saturated heterocycles. The van der Waals surface area contributed by atoms with Crippen LogP contribution in [0.1, 0.15) is 8.35 Å².